The van der Waals surface area contributed by atoms with Crippen LogP contribution in [0.1, 0.15) is 30.1 Å². The highest BCUT2D eigenvalue weighted by Gasteiger charge is 2.34. The zero-order valence-corrected chi connectivity index (χ0v) is 16.0. The van der Waals surface area contributed by atoms with Crippen LogP contribution in [0.2, 0.25) is 0 Å². The van der Waals surface area contributed by atoms with E-state index in [1.807, 2.05) is 0 Å². The molecule has 1 aliphatic rings. The summed E-state index contributed by atoms with van der Waals surface area (Å²) in [5.41, 5.74) is -0.0161. The van der Waals surface area contributed by atoms with Gasteiger partial charge in [0.1, 0.15) is 5.82 Å². The first-order valence-corrected chi connectivity index (χ1v) is 9.61. The molecular formula is C19H16F3N7O2. The van der Waals surface area contributed by atoms with Gasteiger partial charge in [0, 0.05) is 31.3 Å². The van der Waals surface area contributed by atoms with Gasteiger partial charge in [0.25, 0.3) is 0 Å². The maximum Gasteiger partial charge on any atom is 0.417 e. The number of nitro groups is 1. The van der Waals surface area contributed by atoms with Crippen LogP contribution in [0.4, 0.5) is 24.8 Å². The van der Waals surface area contributed by atoms with Crippen molar-refractivity contribution in [2.24, 2.45) is 0 Å². The fourth-order valence-corrected chi connectivity index (χ4v) is 4.09. The summed E-state index contributed by atoms with van der Waals surface area (Å²) in [6.45, 7) is 0.882. The average Bonchev–Trinajstić information content (AvgIpc) is 3.34. The van der Waals surface area contributed by atoms with Crippen molar-refractivity contribution in [3.05, 3.63) is 64.2 Å². The third-order valence-electron chi connectivity index (χ3n) is 5.50. The Hall–Kier alpha value is -3.70. The van der Waals surface area contributed by atoms with Gasteiger partial charge >= 0.3 is 12.0 Å². The smallest absolute Gasteiger partial charge is 0.358 e. The lowest BCUT2D eigenvalue weighted by molar-refractivity contribution is -0.389. The van der Waals surface area contributed by atoms with Gasteiger partial charge < -0.3 is 15.0 Å². The van der Waals surface area contributed by atoms with E-state index in [9.17, 15) is 23.3 Å². The number of alkyl halides is 3. The highest BCUT2D eigenvalue weighted by atomic mass is 19.4. The standard InChI is InChI=1S/C19H16F3N7O2/c20-19(21,22)13-6-7-15-24-25-16(28(15)11-13)12-4-3-8-26(10-12)17-18(29(30)31)27-9-2-1-5-14(27)23-17/h1-2,5-7,9,11-12H,3-4,8,10H2. The van der Waals surface area contributed by atoms with Gasteiger partial charge in [0.2, 0.25) is 11.5 Å². The Balaban J connectivity index is 1.53. The molecule has 0 aromatic carbocycles. The second kappa shape index (κ2) is 6.93. The molecule has 0 bridgehead atoms. The summed E-state index contributed by atoms with van der Waals surface area (Å²) in [5, 5.41) is 19.9. The van der Waals surface area contributed by atoms with Gasteiger partial charge in [0.05, 0.1) is 11.8 Å². The van der Waals surface area contributed by atoms with Gasteiger partial charge in [-0.2, -0.15) is 22.6 Å². The molecule has 1 saturated heterocycles. The minimum absolute atomic E-state index is 0.137. The second-order valence-electron chi connectivity index (χ2n) is 7.43. The van der Waals surface area contributed by atoms with Crippen LogP contribution >= 0.6 is 0 Å². The third kappa shape index (κ3) is 3.23. The van der Waals surface area contributed by atoms with Crippen LogP contribution in [0.15, 0.2) is 42.7 Å². The van der Waals surface area contributed by atoms with Crippen molar-refractivity contribution in [2.75, 3.05) is 18.0 Å². The number of hydrogen-bond donors (Lipinski definition) is 0. The molecule has 5 heterocycles. The number of piperidine rings is 1. The second-order valence-corrected chi connectivity index (χ2v) is 7.43. The quantitative estimate of drug-likeness (QED) is 0.363. The fraction of sp³-hybridized carbons (Fsp3) is 0.316. The van der Waals surface area contributed by atoms with Crippen molar-refractivity contribution < 1.29 is 18.1 Å². The molecular weight excluding hydrogens is 415 g/mol. The predicted octanol–water partition coefficient (Wildman–Crippen LogP) is 3.69. The number of hydrogen-bond acceptors (Lipinski definition) is 6. The number of nitrogens with zero attached hydrogens (tertiary/aromatic N) is 7. The summed E-state index contributed by atoms with van der Waals surface area (Å²) in [7, 11) is 0. The highest BCUT2D eigenvalue weighted by Crippen LogP contribution is 2.35. The zero-order valence-electron chi connectivity index (χ0n) is 16.0. The summed E-state index contributed by atoms with van der Waals surface area (Å²) in [4.78, 5) is 17.5. The fourth-order valence-electron chi connectivity index (χ4n) is 4.09. The van der Waals surface area contributed by atoms with E-state index in [1.165, 1.54) is 14.9 Å². The van der Waals surface area contributed by atoms with Crippen molar-refractivity contribution in [3.63, 3.8) is 0 Å². The first kappa shape index (κ1) is 19.3. The Morgan fingerprint density at radius 2 is 1.94 bits per heavy atom. The number of halogens is 3. The Morgan fingerprint density at radius 1 is 1.10 bits per heavy atom. The molecule has 0 aliphatic carbocycles. The Morgan fingerprint density at radius 3 is 2.71 bits per heavy atom. The molecule has 4 aromatic rings. The summed E-state index contributed by atoms with van der Waals surface area (Å²) in [5.74, 6) is 0.251. The predicted molar refractivity (Wildman–Crippen MR) is 104 cm³/mol. The maximum absolute atomic E-state index is 13.2. The minimum atomic E-state index is -4.48. The first-order chi connectivity index (χ1) is 14.8. The maximum atomic E-state index is 13.2. The van der Waals surface area contributed by atoms with Gasteiger partial charge in [-0.3, -0.25) is 4.40 Å². The number of aromatic nitrogens is 5. The lowest BCUT2D eigenvalue weighted by Crippen LogP contribution is -2.35. The van der Waals surface area contributed by atoms with Gasteiger partial charge in [-0.25, -0.2) is 0 Å². The molecule has 0 N–H and O–H groups in total. The number of rotatable bonds is 3. The molecule has 0 spiro atoms. The van der Waals surface area contributed by atoms with Gasteiger partial charge in [-0.1, -0.05) is 6.07 Å². The lowest BCUT2D eigenvalue weighted by atomic mass is 9.97. The van der Waals surface area contributed by atoms with E-state index < -0.39 is 16.7 Å². The van der Waals surface area contributed by atoms with E-state index >= 15 is 0 Å². The Labute approximate surface area is 172 Å². The van der Waals surface area contributed by atoms with E-state index in [-0.39, 0.29) is 17.6 Å². The van der Waals surface area contributed by atoms with Crippen molar-refractivity contribution in [1.29, 1.82) is 0 Å². The van der Waals surface area contributed by atoms with E-state index in [0.29, 0.717) is 43.0 Å². The van der Waals surface area contributed by atoms with Crippen molar-refractivity contribution in [3.8, 4) is 0 Å². The molecule has 4 aromatic heterocycles. The van der Waals surface area contributed by atoms with Crippen LogP contribution in [0.5, 0.6) is 0 Å². The SMILES string of the molecule is O=[N+]([O-])c1c(N2CCCC(c3nnc4ccc(C(F)(F)F)cn34)C2)nc2ccccn12. The molecule has 0 amide bonds. The molecule has 1 atom stereocenters. The summed E-state index contributed by atoms with van der Waals surface area (Å²) in [6, 6.07) is 7.37. The molecule has 0 radical (unpaired) electrons. The van der Waals surface area contributed by atoms with Gasteiger partial charge in [-0.15, -0.1) is 10.2 Å². The van der Waals surface area contributed by atoms with Crippen molar-refractivity contribution in [2.45, 2.75) is 24.9 Å². The van der Waals surface area contributed by atoms with Crippen LogP contribution in [-0.4, -0.2) is 42.0 Å². The van der Waals surface area contributed by atoms with Crippen molar-refractivity contribution >= 4 is 22.9 Å². The molecule has 31 heavy (non-hydrogen) atoms. The van der Waals surface area contributed by atoms with Crippen LogP contribution in [-0.2, 0) is 6.18 Å². The molecule has 0 saturated carbocycles. The first-order valence-electron chi connectivity index (χ1n) is 9.61. The number of imidazole rings is 1. The van der Waals surface area contributed by atoms with Crippen LogP contribution in [0.25, 0.3) is 11.3 Å². The van der Waals surface area contributed by atoms with Crippen molar-refractivity contribution in [1.82, 2.24) is 24.0 Å². The Bertz CT molecular complexity index is 1300. The lowest BCUT2D eigenvalue weighted by Gasteiger charge is -2.31. The molecule has 12 heteroatoms. The normalized spacial score (nSPS) is 17.5. The highest BCUT2D eigenvalue weighted by molar-refractivity contribution is 5.64. The minimum Gasteiger partial charge on any atom is -0.358 e. The third-order valence-corrected chi connectivity index (χ3v) is 5.50. The van der Waals surface area contributed by atoms with E-state index in [2.05, 4.69) is 15.2 Å². The van der Waals surface area contributed by atoms with E-state index in [4.69, 9.17) is 0 Å². The van der Waals surface area contributed by atoms with Crippen LogP contribution < -0.4 is 4.90 Å². The van der Waals surface area contributed by atoms with E-state index in [1.54, 1.807) is 29.3 Å². The Kier molecular flexibility index (Phi) is 4.31. The van der Waals surface area contributed by atoms with Crippen LogP contribution in [0.3, 0.4) is 0 Å². The molecule has 9 nitrogen and oxygen atoms in total. The molecule has 1 fully saturated rings. The van der Waals surface area contributed by atoms with E-state index in [0.717, 1.165) is 12.3 Å². The molecule has 1 unspecified atom stereocenters. The monoisotopic (exact) mass is 431 g/mol. The number of fused-ring (bicyclic) bond motifs is 2. The summed E-state index contributed by atoms with van der Waals surface area (Å²) >= 11 is 0. The topological polar surface area (TPSA) is 93.9 Å². The zero-order chi connectivity index (χ0) is 21.8. The molecule has 5 rings (SSSR count). The molecule has 1 aliphatic heterocycles. The average molecular weight is 431 g/mol. The van der Waals surface area contributed by atoms with Crippen LogP contribution in [0, 0.1) is 10.1 Å². The number of anilines is 1. The summed E-state index contributed by atoms with van der Waals surface area (Å²) < 4.78 is 42.3. The molecule has 160 valence electrons. The summed E-state index contributed by atoms with van der Waals surface area (Å²) in [6.07, 6.45) is -0.545. The largest absolute Gasteiger partial charge is 0.417 e. The van der Waals surface area contributed by atoms with Gasteiger partial charge in [-0.05, 0) is 36.0 Å². The number of pyridine rings is 2. The van der Waals surface area contributed by atoms with Gasteiger partial charge in [0.15, 0.2) is 5.65 Å².